The second kappa shape index (κ2) is 9.60. The number of amides is 1. The van der Waals surface area contributed by atoms with Gasteiger partial charge in [-0.15, -0.1) is 0 Å². The number of carbonyl (C=O) groups excluding carboxylic acids is 1. The van der Waals surface area contributed by atoms with Crippen LogP contribution in [0.5, 0.6) is 0 Å². The van der Waals surface area contributed by atoms with Crippen LogP contribution in [0.15, 0.2) is 4.99 Å². The summed E-state index contributed by atoms with van der Waals surface area (Å²) < 4.78 is 0. The Bertz CT molecular complexity index is 335. The zero-order chi connectivity index (χ0) is 15.7. The Labute approximate surface area is 128 Å². The molecule has 0 aromatic rings. The van der Waals surface area contributed by atoms with E-state index in [0.29, 0.717) is 25.2 Å². The first kappa shape index (κ1) is 17.8. The van der Waals surface area contributed by atoms with Gasteiger partial charge >= 0.3 is 0 Å². The fraction of sp³-hybridized carbons (Fsp3) is 0.867. The molecule has 0 aromatic heterocycles. The van der Waals surface area contributed by atoms with Gasteiger partial charge in [-0.2, -0.15) is 0 Å². The van der Waals surface area contributed by atoms with Gasteiger partial charge in [-0.05, 0) is 33.6 Å². The maximum atomic E-state index is 10.8. The molecule has 0 radical (unpaired) electrons. The Balaban J connectivity index is 2.36. The van der Waals surface area contributed by atoms with Crippen molar-refractivity contribution in [1.82, 2.24) is 20.9 Å². The first-order valence-electron chi connectivity index (χ1n) is 8.06. The Morgan fingerprint density at radius 2 is 1.95 bits per heavy atom. The lowest BCUT2D eigenvalue weighted by atomic mass is 10.0. The number of nitrogens with zero attached hydrogens (tertiary/aromatic N) is 2. The number of piperidine rings is 1. The highest BCUT2D eigenvalue weighted by Gasteiger charge is 2.21. The van der Waals surface area contributed by atoms with E-state index in [1.807, 2.05) is 0 Å². The van der Waals surface area contributed by atoms with Crippen LogP contribution in [-0.4, -0.2) is 61.6 Å². The number of hydrogen-bond acceptors (Lipinski definition) is 3. The number of guanidine groups is 1. The van der Waals surface area contributed by atoms with E-state index in [1.165, 1.54) is 6.92 Å². The molecule has 0 bridgehead atoms. The van der Waals surface area contributed by atoms with Crippen LogP contribution in [0, 0.1) is 0 Å². The average molecular weight is 297 g/mol. The van der Waals surface area contributed by atoms with Crippen LogP contribution in [0.1, 0.15) is 40.5 Å². The van der Waals surface area contributed by atoms with Gasteiger partial charge in [0.05, 0.1) is 6.54 Å². The van der Waals surface area contributed by atoms with Crippen LogP contribution in [-0.2, 0) is 4.79 Å². The first-order valence-corrected chi connectivity index (χ1v) is 8.06. The lowest BCUT2D eigenvalue weighted by Crippen LogP contribution is -2.50. The standard InChI is InChI=1S/C15H31N5O/c1-5-16-15(18-9-8-17-13(4)21)19-14-6-10-20(11-7-14)12(2)3/h12,14H,5-11H2,1-4H3,(H,17,21)(H2,16,18,19). The summed E-state index contributed by atoms with van der Waals surface area (Å²) in [6.07, 6.45) is 2.29. The van der Waals surface area contributed by atoms with Crippen molar-refractivity contribution in [1.29, 1.82) is 0 Å². The maximum absolute atomic E-state index is 10.8. The molecule has 1 fully saturated rings. The Kier molecular flexibility index (Phi) is 8.12. The Morgan fingerprint density at radius 1 is 1.29 bits per heavy atom. The number of rotatable bonds is 6. The molecule has 1 aliphatic heterocycles. The molecule has 1 rings (SSSR count). The second-order valence-electron chi connectivity index (χ2n) is 5.79. The van der Waals surface area contributed by atoms with Crippen molar-refractivity contribution in [2.24, 2.45) is 4.99 Å². The van der Waals surface area contributed by atoms with E-state index in [0.717, 1.165) is 38.4 Å². The maximum Gasteiger partial charge on any atom is 0.216 e. The molecule has 6 heteroatoms. The van der Waals surface area contributed by atoms with Gasteiger partial charge in [0.25, 0.3) is 0 Å². The van der Waals surface area contributed by atoms with Crippen molar-refractivity contribution in [3.8, 4) is 0 Å². The van der Waals surface area contributed by atoms with Crippen LogP contribution in [0.2, 0.25) is 0 Å². The summed E-state index contributed by atoms with van der Waals surface area (Å²) in [5.74, 6) is 0.843. The molecule has 0 atom stereocenters. The van der Waals surface area contributed by atoms with Crippen LogP contribution < -0.4 is 16.0 Å². The third kappa shape index (κ3) is 7.32. The molecule has 0 spiro atoms. The summed E-state index contributed by atoms with van der Waals surface area (Å²) in [6, 6.07) is 1.11. The molecule has 6 nitrogen and oxygen atoms in total. The third-order valence-corrected chi connectivity index (χ3v) is 3.70. The van der Waals surface area contributed by atoms with Gasteiger partial charge in [-0.25, -0.2) is 0 Å². The van der Waals surface area contributed by atoms with E-state index >= 15 is 0 Å². The van der Waals surface area contributed by atoms with Crippen LogP contribution in [0.4, 0.5) is 0 Å². The molecule has 122 valence electrons. The highest BCUT2D eigenvalue weighted by molar-refractivity contribution is 5.80. The fourth-order valence-electron chi connectivity index (χ4n) is 2.47. The van der Waals surface area contributed by atoms with Gasteiger partial charge in [0, 0.05) is 45.2 Å². The molecule has 0 aliphatic carbocycles. The fourth-order valence-corrected chi connectivity index (χ4v) is 2.47. The van der Waals surface area contributed by atoms with Crippen LogP contribution in [0.3, 0.4) is 0 Å². The summed E-state index contributed by atoms with van der Waals surface area (Å²) in [4.78, 5) is 17.8. The van der Waals surface area contributed by atoms with Gasteiger partial charge < -0.3 is 20.9 Å². The van der Waals surface area contributed by atoms with Crippen molar-refractivity contribution in [2.75, 3.05) is 32.7 Å². The molecule has 1 saturated heterocycles. The minimum absolute atomic E-state index is 0.00998. The second-order valence-corrected chi connectivity index (χ2v) is 5.79. The third-order valence-electron chi connectivity index (χ3n) is 3.70. The molecule has 21 heavy (non-hydrogen) atoms. The Hall–Kier alpha value is -1.30. The lowest BCUT2D eigenvalue weighted by molar-refractivity contribution is -0.118. The van der Waals surface area contributed by atoms with E-state index < -0.39 is 0 Å². The van der Waals surface area contributed by atoms with E-state index in [9.17, 15) is 4.79 Å². The van der Waals surface area contributed by atoms with Gasteiger partial charge in [0.15, 0.2) is 5.96 Å². The minimum atomic E-state index is -0.00998. The predicted molar refractivity (Wildman–Crippen MR) is 87.5 cm³/mol. The normalized spacial score (nSPS) is 17.9. The number of likely N-dealkylation sites (tertiary alicyclic amines) is 1. The monoisotopic (exact) mass is 297 g/mol. The summed E-state index contributed by atoms with van der Waals surface area (Å²) in [5, 5.41) is 9.53. The van der Waals surface area contributed by atoms with Crippen molar-refractivity contribution in [3.05, 3.63) is 0 Å². The van der Waals surface area contributed by atoms with Crippen LogP contribution >= 0.6 is 0 Å². The molecule has 1 aliphatic rings. The van der Waals surface area contributed by atoms with Gasteiger partial charge in [-0.1, -0.05) is 0 Å². The average Bonchev–Trinajstić information content (AvgIpc) is 2.44. The molecule has 0 aromatic carbocycles. The summed E-state index contributed by atoms with van der Waals surface area (Å²) in [5.41, 5.74) is 0. The number of nitrogens with one attached hydrogen (secondary N) is 3. The lowest BCUT2D eigenvalue weighted by Gasteiger charge is -2.35. The van der Waals surface area contributed by atoms with Crippen LogP contribution in [0.25, 0.3) is 0 Å². The quantitative estimate of drug-likeness (QED) is 0.380. The number of aliphatic imine (C=N–C) groups is 1. The van der Waals surface area contributed by atoms with Crippen molar-refractivity contribution < 1.29 is 4.79 Å². The SMILES string of the molecule is CCNC(=NCCNC(C)=O)NC1CCN(C(C)C)CC1. The minimum Gasteiger partial charge on any atom is -0.357 e. The topological polar surface area (TPSA) is 68.8 Å². The van der Waals surface area contributed by atoms with E-state index in [2.05, 4.69) is 46.6 Å². The number of carbonyl (C=O) groups is 1. The van der Waals surface area contributed by atoms with Crippen molar-refractivity contribution >= 4 is 11.9 Å². The highest BCUT2D eigenvalue weighted by atomic mass is 16.1. The molecule has 0 saturated carbocycles. The zero-order valence-electron chi connectivity index (χ0n) is 13.9. The summed E-state index contributed by atoms with van der Waals surface area (Å²) >= 11 is 0. The zero-order valence-corrected chi connectivity index (χ0v) is 13.9. The Morgan fingerprint density at radius 3 is 2.48 bits per heavy atom. The molecule has 1 heterocycles. The van der Waals surface area contributed by atoms with Gasteiger partial charge in [-0.3, -0.25) is 9.79 Å². The van der Waals surface area contributed by atoms with Gasteiger partial charge in [0.2, 0.25) is 5.91 Å². The summed E-state index contributed by atoms with van der Waals surface area (Å²) in [7, 11) is 0. The number of hydrogen-bond donors (Lipinski definition) is 3. The molecule has 0 unspecified atom stereocenters. The molecular formula is C15H31N5O. The van der Waals surface area contributed by atoms with E-state index in [-0.39, 0.29) is 5.91 Å². The van der Waals surface area contributed by atoms with Crippen molar-refractivity contribution in [2.45, 2.75) is 52.6 Å². The van der Waals surface area contributed by atoms with Crippen molar-refractivity contribution in [3.63, 3.8) is 0 Å². The molecule has 3 N–H and O–H groups in total. The summed E-state index contributed by atoms with van der Waals surface area (Å²) in [6.45, 7) is 12.4. The van der Waals surface area contributed by atoms with Gasteiger partial charge in [0.1, 0.15) is 0 Å². The highest BCUT2D eigenvalue weighted by Crippen LogP contribution is 2.12. The first-order chi connectivity index (χ1) is 10.0. The molecule has 1 amide bonds. The van der Waals surface area contributed by atoms with E-state index in [1.54, 1.807) is 0 Å². The smallest absolute Gasteiger partial charge is 0.216 e. The predicted octanol–water partition coefficient (Wildman–Crippen LogP) is 0.550. The largest absolute Gasteiger partial charge is 0.357 e. The molecular weight excluding hydrogens is 266 g/mol. The van der Waals surface area contributed by atoms with E-state index in [4.69, 9.17) is 0 Å².